The molecule has 0 N–H and O–H groups in total. The second-order valence-electron chi connectivity index (χ2n) is 15.6. The maximum Gasteiger partial charge on any atom is 0.137 e. The lowest BCUT2D eigenvalue weighted by molar-refractivity contribution is 0.669. The van der Waals surface area contributed by atoms with Gasteiger partial charge in [0.2, 0.25) is 0 Å². The van der Waals surface area contributed by atoms with Crippen LogP contribution in [0.5, 0.6) is 0 Å². The molecule has 0 aliphatic heterocycles. The zero-order valence-corrected chi connectivity index (χ0v) is 33.9. The number of benzene rings is 10. The Morgan fingerprint density at radius 1 is 0.344 bits per heavy atom. The van der Waals surface area contributed by atoms with E-state index < -0.39 is 0 Å². The lowest BCUT2D eigenvalue weighted by atomic mass is 9.94. The Labute approximate surface area is 357 Å². The topological polar surface area (TPSA) is 16.4 Å². The van der Waals surface area contributed by atoms with Crippen molar-refractivity contribution in [3.8, 4) is 44.5 Å². The Kier molecular flexibility index (Phi) is 8.39. The minimum atomic E-state index is 0.858. The summed E-state index contributed by atoms with van der Waals surface area (Å²) in [5.74, 6) is 0. The summed E-state index contributed by atoms with van der Waals surface area (Å²) in [4.78, 5) is 2.45. The van der Waals surface area contributed by atoms with Gasteiger partial charge in [0.25, 0.3) is 0 Å². The second-order valence-corrected chi connectivity index (χ2v) is 16.7. The first-order valence-electron chi connectivity index (χ1n) is 20.7. The van der Waals surface area contributed by atoms with Crippen molar-refractivity contribution >= 4 is 81.3 Å². The third-order valence-corrected chi connectivity index (χ3v) is 13.3. The third kappa shape index (κ3) is 6.01. The van der Waals surface area contributed by atoms with E-state index in [1.165, 1.54) is 69.9 Å². The summed E-state index contributed by atoms with van der Waals surface area (Å²) < 4.78 is 9.27. The number of anilines is 3. The summed E-state index contributed by atoms with van der Waals surface area (Å²) >= 11 is 1.87. The number of fused-ring (bicyclic) bond motifs is 7. The SMILES string of the molecule is c1ccc(-c2ccc3c(c2)oc2cccc(N(c4ccc(-c5ccc6cccc(-c7ccccc7)c6c5)cc4)c4ccc(-c5ccccc5)c5sc6ccccc6c45)c23)cc1. The standard InChI is InChI=1S/C58H37NOS/c1-4-14-38(15-5-1)44-30-33-48-54(37-44)60-53-24-13-23-51(56(48)53)59(52-35-34-47(41-18-8-3-9-19-41)58-57(52)49-21-10-11-25-55(49)61-58)45-31-28-39(29-32-45)43-27-26-42-20-12-22-46(50(42)36-43)40-16-6-2-7-17-40/h1-37H. The molecule has 0 amide bonds. The highest BCUT2D eigenvalue weighted by molar-refractivity contribution is 7.26. The number of furan rings is 1. The molecule has 0 atom stereocenters. The van der Waals surface area contributed by atoms with E-state index in [1.54, 1.807) is 0 Å². The molecule has 2 heterocycles. The van der Waals surface area contributed by atoms with Gasteiger partial charge >= 0.3 is 0 Å². The van der Waals surface area contributed by atoms with E-state index in [9.17, 15) is 0 Å². The largest absolute Gasteiger partial charge is 0.456 e. The van der Waals surface area contributed by atoms with E-state index in [-0.39, 0.29) is 0 Å². The van der Waals surface area contributed by atoms with Crippen LogP contribution in [0.15, 0.2) is 229 Å². The molecule has 0 aliphatic rings. The third-order valence-electron chi connectivity index (χ3n) is 12.1. The van der Waals surface area contributed by atoms with Gasteiger partial charge in [0.15, 0.2) is 0 Å². The van der Waals surface area contributed by atoms with Gasteiger partial charge in [0.1, 0.15) is 11.2 Å². The Hall–Kier alpha value is -7.72. The number of nitrogens with zero attached hydrogens (tertiary/aromatic N) is 1. The quantitative estimate of drug-likeness (QED) is 0.160. The van der Waals surface area contributed by atoms with Crippen LogP contribution >= 0.6 is 11.3 Å². The first-order chi connectivity index (χ1) is 30.2. The van der Waals surface area contributed by atoms with E-state index in [4.69, 9.17) is 4.42 Å². The molecule has 0 aliphatic carbocycles. The van der Waals surface area contributed by atoms with Crippen molar-refractivity contribution in [3.63, 3.8) is 0 Å². The molecule has 2 aromatic heterocycles. The first kappa shape index (κ1) is 35.2. The van der Waals surface area contributed by atoms with Gasteiger partial charge in [-0.3, -0.25) is 0 Å². The number of hydrogen-bond acceptors (Lipinski definition) is 3. The van der Waals surface area contributed by atoms with Crippen LogP contribution < -0.4 is 4.90 Å². The van der Waals surface area contributed by atoms with Gasteiger partial charge < -0.3 is 9.32 Å². The predicted molar refractivity (Wildman–Crippen MR) is 261 cm³/mol. The Bertz CT molecular complexity index is 3570. The summed E-state index contributed by atoms with van der Waals surface area (Å²) in [5.41, 5.74) is 14.6. The average Bonchev–Trinajstić information content (AvgIpc) is 3.92. The highest BCUT2D eigenvalue weighted by Crippen LogP contribution is 2.50. The molecular formula is C58H37NOS. The smallest absolute Gasteiger partial charge is 0.137 e. The number of hydrogen-bond donors (Lipinski definition) is 0. The van der Waals surface area contributed by atoms with Crippen LogP contribution in [-0.2, 0) is 0 Å². The van der Waals surface area contributed by atoms with E-state index in [1.807, 2.05) is 11.3 Å². The molecule has 286 valence electrons. The van der Waals surface area contributed by atoms with Gasteiger partial charge in [-0.25, -0.2) is 0 Å². The minimum absolute atomic E-state index is 0.858. The zero-order valence-electron chi connectivity index (χ0n) is 33.1. The summed E-state index contributed by atoms with van der Waals surface area (Å²) in [6.45, 7) is 0. The van der Waals surface area contributed by atoms with Gasteiger partial charge in [-0.05, 0) is 110 Å². The molecule has 10 aromatic carbocycles. The van der Waals surface area contributed by atoms with Crippen molar-refractivity contribution in [2.24, 2.45) is 0 Å². The van der Waals surface area contributed by atoms with Gasteiger partial charge in [-0.2, -0.15) is 0 Å². The molecule has 0 spiro atoms. The van der Waals surface area contributed by atoms with Crippen LogP contribution in [0.1, 0.15) is 0 Å². The lowest BCUT2D eigenvalue weighted by Gasteiger charge is -2.28. The zero-order chi connectivity index (χ0) is 40.3. The van der Waals surface area contributed by atoms with Crippen LogP contribution in [0.2, 0.25) is 0 Å². The molecule has 0 saturated carbocycles. The Balaban J connectivity index is 1.07. The van der Waals surface area contributed by atoms with Crippen molar-refractivity contribution in [2.45, 2.75) is 0 Å². The van der Waals surface area contributed by atoms with Crippen molar-refractivity contribution in [1.29, 1.82) is 0 Å². The monoisotopic (exact) mass is 795 g/mol. The number of rotatable bonds is 7. The van der Waals surface area contributed by atoms with Gasteiger partial charge in [-0.15, -0.1) is 11.3 Å². The summed E-state index contributed by atoms with van der Waals surface area (Å²) in [7, 11) is 0. The second kappa shape index (κ2) is 14.5. The van der Waals surface area contributed by atoms with E-state index in [2.05, 4.69) is 229 Å². The molecule has 0 unspecified atom stereocenters. The van der Waals surface area contributed by atoms with E-state index in [0.29, 0.717) is 0 Å². The van der Waals surface area contributed by atoms with Crippen molar-refractivity contribution in [3.05, 3.63) is 224 Å². The fourth-order valence-corrected chi connectivity index (χ4v) is 10.4. The maximum atomic E-state index is 6.73. The van der Waals surface area contributed by atoms with Gasteiger partial charge in [0, 0.05) is 31.2 Å². The molecule has 12 aromatic rings. The molecule has 0 fully saturated rings. The van der Waals surface area contributed by atoms with Crippen LogP contribution in [-0.4, -0.2) is 0 Å². The van der Waals surface area contributed by atoms with Gasteiger partial charge in [-0.1, -0.05) is 170 Å². The summed E-state index contributed by atoms with van der Waals surface area (Å²) in [5, 5.41) is 7.14. The summed E-state index contributed by atoms with van der Waals surface area (Å²) in [6, 6.07) is 81.0. The van der Waals surface area contributed by atoms with Gasteiger partial charge in [0.05, 0.1) is 16.8 Å². The predicted octanol–water partition coefficient (Wildman–Crippen LogP) is 17.2. The molecular weight excluding hydrogens is 759 g/mol. The van der Waals surface area contributed by atoms with Crippen LogP contribution in [0.25, 0.3) is 97.4 Å². The van der Waals surface area contributed by atoms with Crippen molar-refractivity contribution in [2.75, 3.05) is 4.90 Å². The number of thiophene rings is 1. The van der Waals surface area contributed by atoms with Crippen LogP contribution in [0.4, 0.5) is 17.1 Å². The Morgan fingerprint density at radius 3 is 1.75 bits per heavy atom. The van der Waals surface area contributed by atoms with Crippen molar-refractivity contribution < 1.29 is 4.42 Å². The first-order valence-corrected chi connectivity index (χ1v) is 21.6. The highest BCUT2D eigenvalue weighted by atomic mass is 32.1. The molecule has 0 radical (unpaired) electrons. The lowest BCUT2D eigenvalue weighted by Crippen LogP contribution is -2.11. The Morgan fingerprint density at radius 2 is 0.967 bits per heavy atom. The fraction of sp³-hybridized carbons (Fsp3) is 0. The van der Waals surface area contributed by atoms with Crippen molar-refractivity contribution in [1.82, 2.24) is 0 Å². The maximum absolute atomic E-state index is 6.73. The normalized spacial score (nSPS) is 11.6. The minimum Gasteiger partial charge on any atom is -0.456 e. The summed E-state index contributed by atoms with van der Waals surface area (Å²) in [6.07, 6.45) is 0. The molecule has 0 bridgehead atoms. The highest BCUT2D eigenvalue weighted by Gasteiger charge is 2.24. The van der Waals surface area contributed by atoms with Crippen LogP contribution in [0.3, 0.4) is 0 Å². The molecule has 3 heteroatoms. The molecule has 0 saturated heterocycles. The van der Waals surface area contributed by atoms with Crippen LogP contribution in [0, 0.1) is 0 Å². The molecule has 12 rings (SSSR count). The van der Waals surface area contributed by atoms with E-state index in [0.717, 1.165) is 44.6 Å². The molecule has 61 heavy (non-hydrogen) atoms. The fourth-order valence-electron chi connectivity index (χ4n) is 9.18. The van der Waals surface area contributed by atoms with E-state index >= 15 is 0 Å². The molecule has 2 nitrogen and oxygen atoms in total. The average molecular weight is 796 g/mol.